The molecular weight excluding hydrogens is 224 g/mol. The molecule has 0 saturated heterocycles. The quantitative estimate of drug-likeness (QED) is 0.699. The SMILES string of the molecule is Fc1cccc(-c2nc3ncccc3[nH]2)c1F. The Morgan fingerprint density at radius 3 is 2.76 bits per heavy atom. The lowest BCUT2D eigenvalue weighted by molar-refractivity contribution is 0.510. The van der Waals surface area contributed by atoms with Crippen LogP contribution in [0.3, 0.4) is 0 Å². The van der Waals surface area contributed by atoms with Crippen LogP contribution in [0.4, 0.5) is 8.78 Å². The fourth-order valence-corrected chi connectivity index (χ4v) is 1.66. The van der Waals surface area contributed by atoms with Gasteiger partial charge in [0.25, 0.3) is 0 Å². The highest BCUT2D eigenvalue weighted by Crippen LogP contribution is 2.23. The lowest BCUT2D eigenvalue weighted by Gasteiger charge is -1.99. The van der Waals surface area contributed by atoms with E-state index in [4.69, 9.17) is 0 Å². The third-order valence-corrected chi connectivity index (χ3v) is 2.46. The summed E-state index contributed by atoms with van der Waals surface area (Å²) in [7, 11) is 0. The molecule has 0 unspecified atom stereocenters. The lowest BCUT2D eigenvalue weighted by Crippen LogP contribution is -1.90. The van der Waals surface area contributed by atoms with Crippen LogP contribution in [-0.2, 0) is 0 Å². The first-order valence-corrected chi connectivity index (χ1v) is 5.01. The monoisotopic (exact) mass is 231 g/mol. The molecule has 2 aromatic heterocycles. The largest absolute Gasteiger partial charge is 0.336 e. The van der Waals surface area contributed by atoms with Gasteiger partial charge in [-0.25, -0.2) is 18.7 Å². The van der Waals surface area contributed by atoms with E-state index < -0.39 is 11.6 Å². The molecule has 0 aliphatic rings. The summed E-state index contributed by atoms with van der Waals surface area (Å²) in [5.74, 6) is -1.53. The molecule has 0 aliphatic heterocycles. The van der Waals surface area contributed by atoms with Gasteiger partial charge in [-0.1, -0.05) is 6.07 Å². The molecule has 84 valence electrons. The lowest BCUT2D eigenvalue weighted by atomic mass is 10.2. The standard InChI is InChI=1S/C12H7F2N3/c13-8-4-1-3-7(10(8)14)11-16-9-5-2-6-15-12(9)17-11/h1-6H,(H,15,16,17). The summed E-state index contributed by atoms with van der Waals surface area (Å²) in [6, 6.07) is 7.49. The average Bonchev–Trinajstić information content (AvgIpc) is 2.76. The zero-order chi connectivity index (χ0) is 11.8. The molecular formula is C12H7F2N3. The van der Waals surface area contributed by atoms with E-state index >= 15 is 0 Å². The van der Waals surface area contributed by atoms with Crippen LogP contribution in [0.5, 0.6) is 0 Å². The van der Waals surface area contributed by atoms with E-state index in [9.17, 15) is 8.78 Å². The molecule has 0 bridgehead atoms. The molecule has 0 fully saturated rings. The number of benzene rings is 1. The van der Waals surface area contributed by atoms with Crippen molar-refractivity contribution >= 4 is 11.2 Å². The van der Waals surface area contributed by atoms with Gasteiger partial charge < -0.3 is 4.98 Å². The van der Waals surface area contributed by atoms with Gasteiger partial charge in [0.05, 0.1) is 11.1 Å². The minimum absolute atomic E-state index is 0.100. The second-order valence-electron chi connectivity index (χ2n) is 3.56. The number of imidazole rings is 1. The maximum Gasteiger partial charge on any atom is 0.178 e. The average molecular weight is 231 g/mol. The van der Waals surface area contributed by atoms with E-state index in [0.717, 1.165) is 6.07 Å². The molecule has 3 aromatic rings. The highest BCUT2D eigenvalue weighted by Gasteiger charge is 2.13. The third-order valence-electron chi connectivity index (χ3n) is 2.46. The molecule has 17 heavy (non-hydrogen) atoms. The van der Waals surface area contributed by atoms with Crippen LogP contribution >= 0.6 is 0 Å². The number of hydrogen-bond acceptors (Lipinski definition) is 2. The van der Waals surface area contributed by atoms with Gasteiger partial charge in [0.15, 0.2) is 17.3 Å². The predicted octanol–water partition coefficient (Wildman–Crippen LogP) is 2.90. The van der Waals surface area contributed by atoms with Gasteiger partial charge in [0, 0.05) is 6.20 Å². The summed E-state index contributed by atoms with van der Waals surface area (Å²) >= 11 is 0. The van der Waals surface area contributed by atoms with Crippen molar-refractivity contribution in [1.82, 2.24) is 15.0 Å². The minimum Gasteiger partial charge on any atom is -0.336 e. The van der Waals surface area contributed by atoms with Crippen molar-refractivity contribution in [2.45, 2.75) is 0 Å². The normalized spacial score (nSPS) is 10.9. The Kier molecular flexibility index (Phi) is 2.11. The van der Waals surface area contributed by atoms with Crippen LogP contribution in [0.25, 0.3) is 22.6 Å². The Morgan fingerprint density at radius 1 is 1.06 bits per heavy atom. The summed E-state index contributed by atoms with van der Waals surface area (Å²) < 4.78 is 26.6. The summed E-state index contributed by atoms with van der Waals surface area (Å²) in [6.45, 7) is 0. The van der Waals surface area contributed by atoms with Crippen LogP contribution < -0.4 is 0 Å². The number of fused-ring (bicyclic) bond motifs is 1. The number of halogens is 2. The van der Waals surface area contributed by atoms with Crippen molar-refractivity contribution in [2.24, 2.45) is 0 Å². The zero-order valence-corrected chi connectivity index (χ0v) is 8.61. The van der Waals surface area contributed by atoms with E-state index in [1.807, 2.05) is 0 Å². The van der Waals surface area contributed by atoms with Crippen LogP contribution in [-0.4, -0.2) is 15.0 Å². The Balaban J connectivity index is 2.24. The first-order valence-electron chi connectivity index (χ1n) is 5.01. The maximum atomic E-state index is 13.6. The Hall–Kier alpha value is -2.30. The molecule has 0 amide bonds. The second kappa shape index (κ2) is 3.62. The van der Waals surface area contributed by atoms with Gasteiger partial charge in [0.1, 0.15) is 5.82 Å². The minimum atomic E-state index is -0.911. The van der Waals surface area contributed by atoms with Gasteiger partial charge in [-0.05, 0) is 24.3 Å². The highest BCUT2D eigenvalue weighted by molar-refractivity contribution is 5.75. The van der Waals surface area contributed by atoms with E-state index in [1.54, 1.807) is 18.3 Å². The number of aromatic amines is 1. The fourth-order valence-electron chi connectivity index (χ4n) is 1.66. The van der Waals surface area contributed by atoms with E-state index in [0.29, 0.717) is 11.2 Å². The first-order chi connectivity index (χ1) is 8.25. The molecule has 0 radical (unpaired) electrons. The zero-order valence-electron chi connectivity index (χ0n) is 8.61. The predicted molar refractivity (Wildman–Crippen MR) is 59.2 cm³/mol. The Labute approximate surface area is 95.1 Å². The van der Waals surface area contributed by atoms with Crippen molar-refractivity contribution in [3.05, 3.63) is 48.2 Å². The molecule has 0 atom stereocenters. The van der Waals surface area contributed by atoms with Crippen molar-refractivity contribution in [1.29, 1.82) is 0 Å². The van der Waals surface area contributed by atoms with Crippen molar-refractivity contribution in [3.8, 4) is 11.4 Å². The van der Waals surface area contributed by atoms with E-state index in [1.165, 1.54) is 12.1 Å². The smallest absolute Gasteiger partial charge is 0.178 e. The number of nitrogens with zero attached hydrogens (tertiary/aromatic N) is 2. The summed E-state index contributed by atoms with van der Waals surface area (Å²) in [5.41, 5.74) is 1.26. The van der Waals surface area contributed by atoms with Crippen molar-refractivity contribution in [3.63, 3.8) is 0 Å². The van der Waals surface area contributed by atoms with Crippen LogP contribution in [0.2, 0.25) is 0 Å². The van der Waals surface area contributed by atoms with E-state index in [-0.39, 0.29) is 11.4 Å². The highest BCUT2D eigenvalue weighted by atomic mass is 19.2. The molecule has 0 aliphatic carbocycles. The summed E-state index contributed by atoms with van der Waals surface area (Å²) in [5, 5.41) is 0. The van der Waals surface area contributed by atoms with Crippen molar-refractivity contribution in [2.75, 3.05) is 0 Å². The molecule has 1 aromatic carbocycles. The molecule has 2 heterocycles. The molecule has 3 nitrogen and oxygen atoms in total. The fraction of sp³-hybridized carbons (Fsp3) is 0. The van der Waals surface area contributed by atoms with Gasteiger partial charge >= 0.3 is 0 Å². The van der Waals surface area contributed by atoms with Crippen LogP contribution in [0.1, 0.15) is 0 Å². The third kappa shape index (κ3) is 1.56. The number of hydrogen-bond donors (Lipinski definition) is 1. The number of H-pyrrole nitrogens is 1. The summed E-state index contributed by atoms with van der Waals surface area (Å²) in [4.78, 5) is 11.0. The van der Waals surface area contributed by atoms with Crippen molar-refractivity contribution < 1.29 is 8.78 Å². The van der Waals surface area contributed by atoms with E-state index in [2.05, 4.69) is 15.0 Å². The second-order valence-corrected chi connectivity index (χ2v) is 3.56. The molecule has 0 spiro atoms. The van der Waals surface area contributed by atoms with Crippen LogP contribution in [0, 0.1) is 11.6 Å². The Bertz CT molecular complexity index is 658. The number of rotatable bonds is 1. The molecule has 3 rings (SSSR count). The van der Waals surface area contributed by atoms with Gasteiger partial charge in [-0.15, -0.1) is 0 Å². The number of nitrogens with one attached hydrogen (secondary N) is 1. The maximum absolute atomic E-state index is 13.6. The van der Waals surface area contributed by atoms with Gasteiger partial charge in [-0.2, -0.15) is 0 Å². The van der Waals surface area contributed by atoms with Gasteiger partial charge in [0.2, 0.25) is 0 Å². The summed E-state index contributed by atoms with van der Waals surface area (Å²) in [6.07, 6.45) is 1.59. The molecule has 5 heteroatoms. The topological polar surface area (TPSA) is 41.6 Å². The van der Waals surface area contributed by atoms with Gasteiger partial charge in [-0.3, -0.25) is 0 Å². The number of pyridine rings is 1. The number of aromatic nitrogens is 3. The van der Waals surface area contributed by atoms with Crippen LogP contribution in [0.15, 0.2) is 36.5 Å². The molecule has 1 N–H and O–H groups in total. The first kappa shape index (κ1) is 9.89. The Morgan fingerprint density at radius 2 is 1.94 bits per heavy atom. The molecule has 0 saturated carbocycles.